The fourth-order valence-electron chi connectivity index (χ4n) is 2.78. The minimum atomic E-state index is 0.0483. The molecule has 0 unspecified atom stereocenters. The Balaban J connectivity index is 1.69. The Morgan fingerprint density at radius 1 is 1.31 bits per heavy atom. The van der Waals surface area contributed by atoms with Crippen LogP contribution < -0.4 is 0 Å². The predicted octanol–water partition coefficient (Wildman–Crippen LogP) is 3.36. The number of hydrogen-bond donors (Lipinski definition) is 1. The number of benzene rings is 1. The van der Waals surface area contributed by atoms with Crippen molar-refractivity contribution in [1.29, 1.82) is 0 Å². The van der Waals surface area contributed by atoms with Crippen LogP contribution in [0.3, 0.4) is 0 Å². The fourth-order valence-corrected chi connectivity index (χ4v) is 3.01. The Kier molecular flexibility index (Phi) is 5.58. The Morgan fingerprint density at radius 3 is 2.88 bits per heavy atom. The average Bonchev–Trinajstić information content (AvgIpc) is 3.01. The Labute approximate surface area is 157 Å². The first kappa shape index (κ1) is 18.0. The summed E-state index contributed by atoms with van der Waals surface area (Å²) in [6, 6.07) is 11.9. The van der Waals surface area contributed by atoms with Gasteiger partial charge in [0.15, 0.2) is 10.6 Å². The second kappa shape index (κ2) is 8.05. The van der Waals surface area contributed by atoms with Crippen molar-refractivity contribution in [3.8, 4) is 11.4 Å². The van der Waals surface area contributed by atoms with E-state index in [2.05, 4.69) is 21.2 Å². The van der Waals surface area contributed by atoms with Gasteiger partial charge in [-0.05, 0) is 36.8 Å². The van der Waals surface area contributed by atoms with Crippen LogP contribution in [0.4, 0.5) is 0 Å². The van der Waals surface area contributed by atoms with Gasteiger partial charge in [0, 0.05) is 44.5 Å². The molecule has 1 N–H and O–H groups in total. The van der Waals surface area contributed by atoms with Gasteiger partial charge in [-0.2, -0.15) is 5.10 Å². The zero-order valence-electron chi connectivity index (χ0n) is 14.8. The zero-order chi connectivity index (χ0) is 18.5. The first-order valence-corrected chi connectivity index (χ1v) is 8.80. The van der Waals surface area contributed by atoms with E-state index in [1.807, 2.05) is 41.8 Å². The van der Waals surface area contributed by atoms with Gasteiger partial charge in [-0.25, -0.2) is 0 Å². The Bertz CT molecular complexity index is 948. The molecule has 0 saturated carbocycles. The number of hydrogen-bond acceptors (Lipinski definition) is 4. The monoisotopic (exact) mass is 367 g/mol. The molecule has 0 aliphatic carbocycles. The highest BCUT2D eigenvalue weighted by atomic mass is 32.1. The highest BCUT2D eigenvalue weighted by Crippen LogP contribution is 2.19. The highest BCUT2D eigenvalue weighted by molar-refractivity contribution is 7.71. The largest absolute Gasteiger partial charge is 0.341 e. The summed E-state index contributed by atoms with van der Waals surface area (Å²) in [6.07, 6.45) is 3.84. The second-order valence-corrected chi connectivity index (χ2v) is 6.62. The molecule has 2 heterocycles. The summed E-state index contributed by atoms with van der Waals surface area (Å²) in [5.41, 5.74) is 3.13. The molecule has 26 heavy (non-hydrogen) atoms. The van der Waals surface area contributed by atoms with E-state index in [4.69, 9.17) is 12.2 Å². The third kappa shape index (κ3) is 4.23. The van der Waals surface area contributed by atoms with Gasteiger partial charge in [0.25, 0.3) is 0 Å². The van der Waals surface area contributed by atoms with E-state index in [1.165, 1.54) is 0 Å². The predicted molar refractivity (Wildman–Crippen MR) is 103 cm³/mol. The van der Waals surface area contributed by atoms with Gasteiger partial charge in [-0.15, -0.1) is 0 Å². The second-order valence-electron chi connectivity index (χ2n) is 6.23. The molecule has 0 atom stereocenters. The van der Waals surface area contributed by atoms with Crippen LogP contribution in [0.1, 0.15) is 17.5 Å². The molecule has 0 aliphatic rings. The van der Waals surface area contributed by atoms with Crippen molar-refractivity contribution in [3.63, 3.8) is 0 Å². The van der Waals surface area contributed by atoms with Gasteiger partial charge >= 0.3 is 0 Å². The number of carbonyl (C=O) groups is 1. The standard InChI is InChI=1S/C19H21N5OS/c1-14-5-3-7-16(11-14)18-21-22-19(26)24(18)10-8-17(25)23(2)13-15-6-4-9-20-12-15/h3-7,9,11-12H,8,10,13H2,1-2H3,(H,22,26). The molecule has 6 nitrogen and oxygen atoms in total. The molecule has 2 aromatic heterocycles. The van der Waals surface area contributed by atoms with Crippen LogP contribution in [-0.2, 0) is 17.9 Å². The number of aryl methyl sites for hydroxylation is 1. The zero-order valence-corrected chi connectivity index (χ0v) is 15.7. The molecular formula is C19H21N5OS. The maximum Gasteiger partial charge on any atom is 0.224 e. The number of aromatic nitrogens is 4. The maximum absolute atomic E-state index is 12.5. The molecule has 0 spiro atoms. The van der Waals surface area contributed by atoms with Gasteiger partial charge < -0.3 is 4.90 Å². The van der Waals surface area contributed by atoms with E-state index in [-0.39, 0.29) is 5.91 Å². The summed E-state index contributed by atoms with van der Waals surface area (Å²) < 4.78 is 2.39. The molecule has 1 amide bonds. The number of nitrogens with zero attached hydrogens (tertiary/aromatic N) is 4. The van der Waals surface area contributed by atoms with E-state index in [9.17, 15) is 4.79 Å². The molecule has 0 fully saturated rings. The lowest BCUT2D eigenvalue weighted by molar-refractivity contribution is -0.130. The Morgan fingerprint density at radius 2 is 2.15 bits per heavy atom. The fraction of sp³-hybridized carbons (Fsp3) is 0.263. The average molecular weight is 367 g/mol. The van der Waals surface area contributed by atoms with Crippen LogP contribution in [0.5, 0.6) is 0 Å². The molecule has 0 radical (unpaired) electrons. The molecule has 7 heteroatoms. The van der Waals surface area contributed by atoms with E-state index >= 15 is 0 Å². The van der Waals surface area contributed by atoms with Gasteiger partial charge in [-0.3, -0.25) is 19.4 Å². The van der Waals surface area contributed by atoms with Crippen molar-refractivity contribution in [2.24, 2.45) is 0 Å². The van der Waals surface area contributed by atoms with E-state index in [0.717, 1.165) is 22.5 Å². The van der Waals surface area contributed by atoms with Crippen molar-refractivity contribution in [3.05, 3.63) is 64.7 Å². The molecule has 3 rings (SSSR count). The van der Waals surface area contributed by atoms with Gasteiger partial charge in [0.05, 0.1) is 0 Å². The summed E-state index contributed by atoms with van der Waals surface area (Å²) in [6.45, 7) is 3.05. The van der Waals surface area contributed by atoms with Crippen molar-refractivity contribution in [1.82, 2.24) is 24.6 Å². The lowest BCUT2D eigenvalue weighted by atomic mass is 10.1. The van der Waals surface area contributed by atoms with E-state index in [0.29, 0.717) is 24.3 Å². The third-order valence-electron chi connectivity index (χ3n) is 4.15. The molecule has 134 valence electrons. The van der Waals surface area contributed by atoms with Crippen LogP contribution in [0.2, 0.25) is 0 Å². The molecule has 0 aliphatic heterocycles. The van der Waals surface area contributed by atoms with Crippen LogP contribution in [0, 0.1) is 11.7 Å². The topological polar surface area (TPSA) is 66.8 Å². The van der Waals surface area contributed by atoms with Crippen LogP contribution in [0.25, 0.3) is 11.4 Å². The number of H-pyrrole nitrogens is 1. The SMILES string of the molecule is Cc1cccc(-c2n[nH]c(=S)n2CCC(=O)N(C)Cc2cccnc2)c1. The molecule has 1 aromatic carbocycles. The summed E-state index contributed by atoms with van der Waals surface area (Å²) >= 11 is 5.34. The minimum Gasteiger partial charge on any atom is -0.341 e. The summed E-state index contributed by atoms with van der Waals surface area (Å²) in [7, 11) is 1.80. The third-order valence-corrected chi connectivity index (χ3v) is 4.46. The quantitative estimate of drug-likeness (QED) is 0.679. The maximum atomic E-state index is 12.5. The normalized spacial score (nSPS) is 10.7. The van der Waals surface area contributed by atoms with Crippen LogP contribution >= 0.6 is 12.2 Å². The first-order valence-electron chi connectivity index (χ1n) is 8.39. The number of aromatic amines is 1. The number of carbonyl (C=O) groups excluding carboxylic acids is 1. The van der Waals surface area contributed by atoms with E-state index in [1.54, 1.807) is 24.3 Å². The molecule has 3 aromatic rings. The van der Waals surface area contributed by atoms with Gasteiger partial charge in [-0.1, -0.05) is 29.8 Å². The van der Waals surface area contributed by atoms with E-state index < -0.39 is 0 Å². The van der Waals surface area contributed by atoms with Crippen molar-refractivity contribution >= 4 is 18.1 Å². The van der Waals surface area contributed by atoms with Gasteiger partial charge in [0.1, 0.15) is 0 Å². The summed E-state index contributed by atoms with van der Waals surface area (Å²) in [5.74, 6) is 0.800. The number of nitrogens with one attached hydrogen (secondary N) is 1. The van der Waals surface area contributed by atoms with Crippen LogP contribution in [0.15, 0.2) is 48.8 Å². The lowest BCUT2D eigenvalue weighted by Crippen LogP contribution is -2.27. The molecule has 0 bridgehead atoms. The first-order chi connectivity index (χ1) is 12.5. The summed E-state index contributed by atoms with van der Waals surface area (Å²) in [5, 5.41) is 7.16. The van der Waals surface area contributed by atoms with Crippen LogP contribution in [-0.4, -0.2) is 37.6 Å². The number of amides is 1. The molecular weight excluding hydrogens is 346 g/mol. The van der Waals surface area contributed by atoms with Gasteiger partial charge in [0.2, 0.25) is 5.91 Å². The van der Waals surface area contributed by atoms with Crippen molar-refractivity contribution in [2.45, 2.75) is 26.4 Å². The highest BCUT2D eigenvalue weighted by Gasteiger charge is 2.13. The molecule has 0 saturated heterocycles. The minimum absolute atomic E-state index is 0.0483. The lowest BCUT2D eigenvalue weighted by Gasteiger charge is -2.17. The smallest absolute Gasteiger partial charge is 0.224 e. The number of rotatable bonds is 6. The van der Waals surface area contributed by atoms with Crippen molar-refractivity contribution in [2.75, 3.05) is 7.05 Å². The van der Waals surface area contributed by atoms with Crippen molar-refractivity contribution < 1.29 is 4.79 Å². The number of pyridine rings is 1. The Hall–Kier alpha value is -2.80. The summed E-state index contributed by atoms with van der Waals surface area (Å²) in [4.78, 5) is 18.3.